The summed E-state index contributed by atoms with van der Waals surface area (Å²) in [6.07, 6.45) is 0. The van der Waals surface area contributed by atoms with Gasteiger partial charge >= 0.3 is 0 Å². The number of likely N-dealkylation sites (N-methyl/N-ethyl adjacent to an activating group) is 1. The third-order valence-electron chi connectivity index (χ3n) is 2.43. The molecule has 0 aromatic heterocycles. The molecule has 7 heteroatoms. The molecule has 1 aromatic rings. The lowest BCUT2D eigenvalue weighted by molar-refractivity contribution is 0.451. The van der Waals surface area contributed by atoms with E-state index in [0.717, 1.165) is 4.31 Å². The fourth-order valence-electron chi connectivity index (χ4n) is 1.18. The van der Waals surface area contributed by atoms with E-state index >= 15 is 0 Å². The van der Waals surface area contributed by atoms with Crippen molar-refractivity contribution in [2.45, 2.75) is 17.9 Å². The molecular formula is C10H13BrN2O2S2. The monoisotopic (exact) mass is 336 g/mol. The third-order valence-corrected chi connectivity index (χ3v) is 5.19. The van der Waals surface area contributed by atoms with Crippen LogP contribution < -0.4 is 5.73 Å². The number of thiocarbonyl (C=S) groups is 1. The first-order valence-electron chi connectivity index (χ1n) is 4.79. The topological polar surface area (TPSA) is 63.4 Å². The second-order valence-electron chi connectivity index (χ2n) is 3.56. The van der Waals surface area contributed by atoms with Gasteiger partial charge in [0.1, 0.15) is 0 Å². The van der Waals surface area contributed by atoms with E-state index in [9.17, 15) is 8.42 Å². The molecule has 0 fully saturated rings. The molecule has 0 spiro atoms. The maximum Gasteiger partial charge on any atom is 0.243 e. The van der Waals surface area contributed by atoms with Crippen LogP contribution in [0.3, 0.4) is 0 Å². The lowest BCUT2D eigenvalue weighted by Crippen LogP contribution is -2.42. The average Bonchev–Trinajstić information content (AvgIpc) is 2.26. The summed E-state index contributed by atoms with van der Waals surface area (Å²) in [5.74, 6) is 0. The molecule has 1 unspecified atom stereocenters. The SMILES string of the molecule is CC(C(N)=S)N(C)S(=O)(=O)c1cccc(Br)c1. The van der Waals surface area contributed by atoms with Crippen LogP contribution in [0.2, 0.25) is 0 Å². The predicted molar refractivity (Wildman–Crippen MR) is 75.3 cm³/mol. The molecule has 0 saturated carbocycles. The molecule has 1 atom stereocenters. The number of sulfonamides is 1. The zero-order valence-electron chi connectivity index (χ0n) is 9.42. The second-order valence-corrected chi connectivity index (χ2v) is 6.94. The van der Waals surface area contributed by atoms with E-state index in [1.807, 2.05) is 0 Å². The normalized spacial score (nSPS) is 13.6. The highest BCUT2D eigenvalue weighted by molar-refractivity contribution is 9.10. The standard InChI is InChI=1S/C10H13BrN2O2S2/c1-7(10(12)16)13(2)17(14,15)9-5-3-4-8(11)6-9/h3-7H,1-2H3,(H2,12,16). The van der Waals surface area contributed by atoms with E-state index in [1.54, 1.807) is 19.1 Å². The first-order valence-corrected chi connectivity index (χ1v) is 7.44. The number of hydrogen-bond donors (Lipinski definition) is 1. The van der Waals surface area contributed by atoms with Crippen LogP contribution in [-0.4, -0.2) is 30.8 Å². The van der Waals surface area contributed by atoms with Gasteiger partial charge in [0.25, 0.3) is 0 Å². The number of rotatable bonds is 4. The molecule has 0 heterocycles. The van der Waals surface area contributed by atoms with Crippen molar-refractivity contribution >= 4 is 43.2 Å². The minimum Gasteiger partial charge on any atom is -0.392 e. The van der Waals surface area contributed by atoms with Crippen molar-refractivity contribution in [3.05, 3.63) is 28.7 Å². The highest BCUT2D eigenvalue weighted by Gasteiger charge is 2.26. The first-order chi connectivity index (χ1) is 7.76. The Morgan fingerprint density at radius 3 is 2.59 bits per heavy atom. The fourth-order valence-corrected chi connectivity index (χ4v) is 3.35. The molecule has 0 aliphatic rings. The van der Waals surface area contributed by atoms with Gasteiger partial charge in [0.05, 0.1) is 15.9 Å². The molecule has 94 valence electrons. The van der Waals surface area contributed by atoms with Crippen LogP contribution in [0.4, 0.5) is 0 Å². The van der Waals surface area contributed by atoms with Crippen molar-refractivity contribution in [3.63, 3.8) is 0 Å². The number of benzene rings is 1. The molecule has 1 aromatic carbocycles. The molecular weight excluding hydrogens is 324 g/mol. The summed E-state index contributed by atoms with van der Waals surface area (Å²) in [6, 6.07) is 5.97. The number of nitrogens with two attached hydrogens (primary N) is 1. The minimum absolute atomic E-state index is 0.145. The van der Waals surface area contributed by atoms with Crippen LogP contribution in [0, 0.1) is 0 Å². The zero-order valence-corrected chi connectivity index (χ0v) is 12.6. The van der Waals surface area contributed by atoms with Gasteiger partial charge in [0.15, 0.2) is 0 Å². The van der Waals surface area contributed by atoms with Crippen LogP contribution in [0.5, 0.6) is 0 Å². The van der Waals surface area contributed by atoms with Crippen molar-refractivity contribution in [1.29, 1.82) is 0 Å². The Labute approximate surface area is 115 Å². The molecule has 0 aliphatic carbocycles. The summed E-state index contributed by atoms with van der Waals surface area (Å²) in [7, 11) is -2.11. The largest absolute Gasteiger partial charge is 0.392 e. The average molecular weight is 337 g/mol. The summed E-state index contributed by atoms with van der Waals surface area (Å²) in [4.78, 5) is 0.351. The summed E-state index contributed by atoms with van der Waals surface area (Å²) in [5, 5.41) is 0. The minimum atomic E-state index is -3.57. The van der Waals surface area contributed by atoms with Gasteiger partial charge < -0.3 is 5.73 Å². The highest BCUT2D eigenvalue weighted by atomic mass is 79.9. The Kier molecular flexibility index (Phi) is 4.65. The summed E-state index contributed by atoms with van der Waals surface area (Å²) < 4.78 is 26.3. The Bertz CT molecular complexity index is 531. The van der Waals surface area contributed by atoms with E-state index in [1.165, 1.54) is 19.2 Å². The van der Waals surface area contributed by atoms with Crippen LogP contribution >= 0.6 is 28.1 Å². The quantitative estimate of drug-likeness (QED) is 0.850. The molecule has 1 rings (SSSR count). The van der Waals surface area contributed by atoms with Crippen LogP contribution in [0.25, 0.3) is 0 Å². The van der Waals surface area contributed by atoms with Crippen molar-refractivity contribution in [2.75, 3.05) is 7.05 Å². The predicted octanol–water partition coefficient (Wildman–Crippen LogP) is 1.74. The molecule has 2 N–H and O–H groups in total. The highest BCUT2D eigenvalue weighted by Crippen LogP contribution is 2.20. The lowest BCUT2D eigenvalue weighted by atomic mass is 10.3. The molecule has 0 radical (unpaired) electrons. The third kappa shape index (κ3) is 3.25. The van der Waals surface area contributed by atoms with Crippen molar-refractivity contribution in [1.82, 2.24) is 4.31 Å². The van der Waals surface area contributed by atoms with Gasteiger partial charge in [-0.15, -0.1) is 0 Å². The molecule has 0 bridgehead atoms. The molecule has 0 saturated heterocycles. The van der Waals surface area contributed by atoms with Crippen LogP contribution in [0.15, 0.2) is 33.6 Å². The Morgan fingerprint density at radius 1 is 1.53 bits per heavy atom. The first kappa shape index (κ1) is 14.6. The van der Waals surface area contributed by atoms with Gasteiger partial charge in [-0.05, 0) is 25.1 Å². The van der Waals surface area contributed by atoms with Gasteiger partial charge in [-0.1, -0.05) is 34.2 Å². The number of halogens is 1. The van der Waals surface area contributed by atoms with E-state index in [-0.39, 0.29) is 9.88 Å². The van der Waals surface area contributed by atoms with Gasteiger partial charge in [-0.2, -0.15) is 4.31 Å². The van der Waals surface area contributed by atoms with Crippen LogP contribution in [-0.2, 0) is 10.0 Å². The van der Waals surface area contributed by atoms with Crippen LogP contribution in [0.1, 0.15) is 6.92 Å². The van der Waals surface area contributed by atoms with Gasteiger partial charge in [0.2, 0.25) is 10.0 Å². The van der Waals surface area contributed by atoms with Crippen molar-refractivity contribution in [3.8, 4) is 0 Å². The molecule has 4 nitrogen and oxygen atoms in total. The Hall–Kier alpha value is -0.500. The lowest BCUT2D eigenvalue weighted by Gasteiger charge is -2.23. The summed E-state index contributed by atoms with van der Waals surface area (Å²) >= 11 is 8.04. The van der Waals surface area contributed by atoms with E-state index < -0.39 is 16.1 Å². The van der Waals surface area contributed by atoms with Gasteiger partial charge in [-0.3, -0.25) is 0 Å². The molecule has 0 amide bonds. The van der Waals surface area contributed by atoms with Crippen molar-refractivity contribution in [2.24, 2.45) is 5.73 Å². The zero-order chi connectivity index (χ0) is 13.2. The number of nitrogens with zero attached hydrogens (tertiary/aromatic N) is 1. The maximum absolute atomic E-state index is 12.2. The number of hydrogen-bond acceptors (Lipinski definition) is 3. The fraction of sp³-hybridized carbons (Fsp3) is 0.300. The van der Waals surface area contributed by atoms with E-state index in [2.05, 4.69) is 15.9 Å². The Balaban J connectivity index is 3.16. The van der Waals surface area contributed by atoms with Gasteiger partial charge in [0, 0.05) is 11.5 Å². The molecule has 17 heavy (non-hydrogen) atoms. The van der Waals surface area contributed by atoms with Gasteiger partial charge in [-0.25, -0.2) is 8.42 Å². The van der Waals surface area contributed by atoms with E-state index in [0.29, 0.717) is 4.47 Å². The maximum atomic E-state index is 12.2. The molecule has 0 aliphatic heterocycles. The smallest absolute Gasteiger partial charge is 0.243 e. The Morgan fingerprint density at radius 2 is 2.12 bits per heavy atom. The van der Waals surface area contributed by atoms with Crippen molar-refractivity contribution < 1.29 is 8.42 Å². The van der Waals surface area contributed by atoms with E-state index in [4.69, 9.17) is 18.0 Å². The summed E-state index contributed by atoms with van der Waals surface area (Å²) in [6.45, 7) is 1.65. The second kappa shape index (κ2) is 5.43. The summed E-state index contributed by atoms with van der Waals surface area (Å²) in [5.41, 5.74) is 5.46.